The Balaban J connectivity index is 2.19. The lowest BCUT2D eigenvalue weighted by atomic mass is 9.99. The predicted octanol–water partition coefficient (Wildman–Crippen LogP) is 5.04. The molecular weight excluding hydrogens is 204 g/mol. The Morgan fingerprint density at radius 2 is 1.18 bits per heavy atom. The van der Waals surface area contributed by atoms with Gasteiger partial charge in [-0.05, 0) is 45.3 Å². The molecule has 0 spiro atoms. The topological polar surface area (TPSA) is 0 Å². The Morgan fingerprint density at radius 3 is 1.47 bits per heavy atom. The first-order valence-corrected chi connectivity index (χ1v) is 6.18. The van der Waals surface area contributed by atoms with Gasteiger partial charge in [0.2, 0.25) is 0 Å². The predicted molar refractivity (Wildman–Crippen MR) is 75.8 cm³/mol. The summed E-state index contributed by atoms with van der Waals surface area (Å²) < 4.78 is 0. The fourth-order valence-corrected chi connectivity index (χ4v) is 2.26. The first-order chi connectivity index (χ1) is 8.06. The molecule has 17 heavy (non-hydrogen) atoms. The smallest absolute Gasteiger partial charge is 0.00960 e. The van der Waals surface area contributed by atoms with E-state index in [0.717, 1.165) is 6.42 Å². The molecule has 2 aliphatic carbocycles. The molecule has 2 rings (SSSR count). The van der Waals surface area contributed by atoms with Gasteiger partial charge in [-0.2, -0.15) is 0 Å². The van der Waals surface area contributed by atoms with E-state index in [1.807, 2.05) is 0 Å². The van der Waals surface area contributed by atoms with Crippen LogP contribution in [0.3, 0.4) is 0 Å². The van der Waals surface area contributed by atoms with Crippen molar-refractivity contribution in [1.29, 1.82) is 0 Å². The summed E-state index contributed by atoms with van der Waals surface area (Å²) in [4.78, 5) is 0. The zero-order valence-electron chi connectivity index (χ0n) is 11.2. The molecule has 0 fully saturated rings. The molecule has 0 heteroatoms. The molecule has 0 heterocycles. The highest BCUT2D eigenvalue weighted by atomic mass is 14.1. The molecule has 2 aliphatic rings. The highest BCUT2D eigenvalue weighted by Gasteiger charge is 2.06. The molecule has 0 aromatic rings. The van der Waals surface area contributed by atoms with E-state index in [4.69, 9.17) is 0 Å². The highest BCUT2D eigenvalue weighted by Crippen LogP contribution is 2.26. The van der Waals surface area contributed by atoms with Crippen LogP contribution in [0, 0.1) is 0 Å². The van der Waals surface area contributed by atoms with Gasteiger partial charge in [0.05, 0.1) is 0 Å². The van der Waals surface area contributed by atoms with Crippen molar-refractivity contribution >= 4 is 0 Å². The lowest BCUT2D eigenvalue weighted by molar-refractivity contribution is 1.08. The van der Waals surface area contributed by atoms with Gasteiger partial charge in [-0.15, -0.1) is 0 Å². The number of hydrogen-bond donors (Lipinski definition) is 0. The number of rotatable bonds is 2. The highest BCUT2D eigenvalue weighted by molar-refractivity contribution is 5.51. The summed E-state index contributed by atoms with van der Waals surface area (Å²) in [5, 5.41) is 0. The van der Waals surface area contributed by atoms with Gasteiger partial charge in [-0.25, -0.2) is 0 Å². The number of allylic oxidation sites excluding steroid dienone is 12. The molecule has 88 valence electrons. The molecule has 0 aliphatic heterocycles. The van der Waals surface area contributed by atoms with Crippen molar-refractivity contribution in [2.75, 3.05) is 0 Å². The summed E-state index contributed by atoms with van der Waals surface area (Å²) in [6.07, 6.45) is 14.4. The van der Waals surface area contributed by atoms with Crippen LogP contribution in [0.15, 0.2) is 69.9 Å². The van der Waals surface area contributed by atoms with Crippen LogP contribution in [0.25, 0.3) is 0 Å². The third-order valence-electron chi connectivity index (χ3n) is 3.33. The van der Waals surface area contributed by atoms with Crippen molar-refractivity contribution in [3.05, 3.63) is 69.9 Å². The van der Waals surface area contributed by atoms with Crippen LogP contribution in [-0.2, 0) is 0 Å². The van der Waals surface area contributed by atoms with E-state index in [-0.39, 0.29) is 0 Å². The van der Waals surface area contributed by atoms with Gasteiger partial charge in [0.1, 0.15) is 0 Å². The van der Waals surface area contributed by atoms with Gasteiger partial charge in [0.25, 0.3) is 0 Å². The van der Waals surface area contributed by atoms with E-state index < -0.39 is 0 Å². The van der Waals surface area contributed by atoms with E-state index in [9.17, 15) is 0 Å². The van der Waals surface area contributed by atoms with Gasteiger partial charge in [0.15, 0.2) is 0 Å². The Bertz CT molecular complexity index is 466. The summed E-state index contributed by atoms with van der Waals surface area (Å²) in [7, 11) is 0. The summed E-state index contributed by atoms with van der Waals surface area (Å²) in [6.45, 7) is 8.75. The fourth-order valence-electron chi connectivity index (χ4n) is 2.26. The molecule has 0 aromatic carbocycles. The lowest BCUT2D eigenvalue weighted by Gasteiger charge is -2.06. The minimum absolute atomic E-state index is 1.06. The minimum Gasteiger partial charge on any atom is -0.0620 e. The van der Waals surface area contributed by atoms with Crippen molar-refractivity contribution in [2.45, 2.75) is 34.1 Å². The maximum atomic E-state index is 2.26. The standard InChI is InChI=1S/C17H20/c1-12-5-7-16(9-12)14(3)11-15(4)17-8-6-13(2)10-17/h5-10H,11H2,1-4H3. The molecule has 0 saturated carbocycles. The van der Waals surface area contributed by atoms with E-state index in [1.54, 1.807) is 0 Å². The van der Waals surface area contributed by atoms with Crippen LogP contribution in [0.1, 0.15) is 34.1 Å². The minimum atomic E-state index is 1.06. The fraction of sp³-hybridized carbons (Fsp3) is 0.294. The van der Waals surface area contributed by atoms with Gasteiger partial charge < -0.3 is 0 Å². The van der Waals surface area contributed by atoms with Crippen LogP contribution >= 0.6 is 0 Å². The first kappa shape index (κ1) is 11.9. The van der Waals surface area contributed by atoms with Gasteiger partial charge in [-0.1, -0.05) is 58.7 Å². The van der Waals surface area contributed by atoms with Crippen molar-refractivity contribution in [1.82, 2.24) is 0 Å². The normalized spacial score (nSPS) is 24.0. The second-order valence-electron chi connectivity index (χ2n) is 5.09. The maximum Gasteiger partial charge on any atom is -0.00960 e. The Morgan fingerprint density at radius 1 is 0.765 bits per heavy atom. The molecule has 0 saturated heterocycles. The Hall–Kier alpha value is -1.56. The third-order valence-corrected chi connectivity index (χ3v) is 3.33. The van der Waals surface area contributed by atoms with Crippen LogP contribution < -0.4 is 0 Å². The van der Waals surface area contributed by atoms with Crippen LogP contribution in [-0.4, -0.2) is 0 Å². The summed E-state index contributed by atoms with van der Waals surface area (Å²) in [6, 6.07) is 0. The zero-order valence-corrected chi connectivity index (χ0v) is 11.2. The van der Waals surface area contributed by atoms with E-state index in [1.165, 1.54) is 33.4 Å². The second-order valence-corrected chi connectivity index (χ2v) is 5.09. The number of hydrogen-bond acceptors (Lipinski definition) is 0. The quantitative estimate of drug-likeness (QED) is 0.616. The summed E-state index contributed by atoms with van der Waals surface area (Å²) in [5.41, 5.74) is 8.36. The third kappa shape index (κ3) is 2.76. The van der Waals surface area contributed by atoms with Gasteiger partial charge in [0, 0.05) is 0 Å². The molecule has 0 aromatic heterocycles. The molecule has 0 radical (unpaired) electrons. The molecule has 0 nitrogen and oxygen atoms in total. The maximum absolute atomic E-state index is 2.26. The summed E-state index contributed by atoms with van der Waals surface area (Å²) in [5.74, 6) is 0. The monoisotopic (exact) mass is 224 g/mol. The largest absolute Gasteiger partial charge is 0.0620 e. The molecule has 0 N–H and O–H groups in total. The van der Waals surface area contributed by atoms with Crippen LogP contribution in [0.4, 0.5) is 0 Å². The average Bonchev–Trinajstić information content (AvgIpc) is 2.87. The van der Waals surface area contributed by atoms with E-state index in [2.05, 4.69) is 64.2 Å². The first-order valence-electron chi connectivity index (χ1n) is 6.18. The lowest BCUT2D eigenvalue weighted by Crippen LogP contribution is -1.87. The Labute approximate surface area is 104 Å². The van der Waals surface area contributed by atoms with Crippen LogP contribution in [0.2, 0.25) is 0 Å². The van der Waals surface area contributed by atoms with Crippen molar-refractivity contribution in [2.24, 2.45) is 0 Å². The Kier molecular flexibility index (Phi) is 3.33. The van der Waals surface area contributed by atoms with Gasteiger partial charge in [-0.3, -0.25) is 0 Å². The van der Waals surface area contributed by atoms with E-state index in [0.29, 0.717) is 0 Å². The van der Waals surface area contributed by atoms with Gasteiger partial charge >= 0.3 is 0 Å². The second kappa shape index (κ2) is 4.75. The van der Waals surface area contributed by atoms with E-state index >= 15 is 0 Å². The zero-order chi connectivity index (χ0) is 12.4. The van der Waals surface area contributed by atoms with Crippen LogP contribution in [0.5, 0.6) is 0 Å². The molecule has 0 bridgehead atoms. The van der Waals surface area contributed by atoms with Crippen molar-refractivity contribution < 1.29 is 0 Å². The summed E-state index contributed by atoms with van der Waals surface area (Å²) >= 11 is 0. The molecule has 0 unspecified atom stereocenters. The molecule has 0 atom stereocenters. The van der Waals surface area contributed by atoms with Crippen molar-refractivity contribution in [3.8, 4) is 0 Å². The molecular formula is C17H20. The SMILES string of the molecule is CC1=CC(=C(C)CC(C)=C2C=CC(C)=C2)C=C1. The average molecular weight is 224 g/mol. The van der Waals surface area contributed by atoms with Crippen molar-refractivity contribution in [3.63, 3.8) is 0 Å². The molecule has 0 amide bonds.